The predicted molar refractivity (Wildman–Crippen MR) is 108 cm³/mol. The van der Waals surface area contributed by atoms with Crippen molar-refractivity contribution in [1.82, 2.24) is 14.5 Å². The Kier molecular flexibility index (Phi) is 6.44. The summed E-state index contributed by atoms with van der Waals surface area (Å²) in [5.74, 6) is 0.465. The number of fused-ring (bicyclic) bond motifs is 1. The van der Waals surface area contributed by atoms with Crippen molar-refractivity contribution in [3.63, 3.8) is 0 Å². The first-order chi connectivity index (χ1) is 13.7. The lowest BCUT2D eigenvalue weighted by Gasteiger charge is -2.26. The molecule has 2 aliphatic rings. The maximum absolute atomic E-state index is 13.1. The highest BCUT2D eigenvalue weighted by atomic mass is 32.2. The Balaban J connectivity index is 1.43. The van der Waals surface area contributed by atoms with E-state index in [1.54, 1.807) is 23.9 Å². The van der Waals surface area contributed by atoms with Gasteiger partial charge >= 0.3 is 5.69 Å². The van der Waals surface area contributed by atoms with Crippen molar-refractivity contribution < 1.29 is 9.13 Å². The van der Waals surface area contributed by atoms with Crippen molar-refractivity contribution in [2.45, 2.75) is 43.0 Å². The Hall–Kier alpha value is -1.70. The van der Waals surface area contributed by atoms with Crippen LogP contribution in [-0.2, 0) is 29.9 Å². The predicted octanol–water partition coefficient (Wildman–Crippen LogP) is 2.89. The monoisotopic (exact) mass is 403 g/mol. The summed E-state index contributed by atoms with van der Waals surface area (Å²) < 4.78 is 20.4. The summed E-state index contributed by atoms with van der Waals surface area (Å²) in [5.41, 5.74) is 3.31. The van der Waals surface area contributed by atoms with Crippen molar-refractivity contribution in [3.8, 4) is 0 Å². The third-order valence-corrected chi connectivity index (χ3v) is 6.54. The molecule has 1 aliphatic heterocycles. The average Bonchev–Trinajstić information content (AvgIpc) is 3.20. The van der Waals surface area contributed by atoms with Gasteiger partial charge in [-0.15, -0.1) is 11.8 Å². The van der Waals surface area contributed by atoms with E-state index >= 15 is 0 Å². The van der Waals surface area contributed by atoms with Crippen LogP contribution in [0.5, 0.6) is 0 Å². The van der Waals surface area contributed by atoms with Crippen LogP contribution in [0, 0.1) is 5.82 Å². The summed E-state index contributed by atoms with van der Waals surface area (Å²) in [7, 11) is 0. The van der Waals surface area contributed by atoms with Crippen molar-refractivity contribution in [2.24, 2.45) is 0 Å². The molecule has 1 saturated heterocycles. The van der Waals surface area contributed by atoms with Crippen molar-refractivity contribution in [2.75, 3.05) is 32.8 Å². The fraction of sp³-hybridized carbons (Fsp3) is 0.524. The van der Waals surface area contributed by atoms with Gasteiger partial charge in [0.05, 0.1) is 13.2 Å². The molecule has 28 heavy (non-hydrogen) atoms. The molecule has 2 aromatic rings. The van der Waals surface area contributed by atoms with Crippen molar-refractivity contribution in [3.05, 3.63) is 57.4 Å². The summed E-state index contributed by atoms with van der Waals surface area (Å²) in [6, 6.07) is 6.52. The third kappa shape index (κ3) is 4.64. The molecule has 5 nitrogen and oxygen atoms in total. The van der Waals surface area contributed by atoms with Gasteiger partial charge in [-0.1, -0.05) is 12.1 Å². The number of aromatic nitrogens is 2. The van der Waals surface area contributed by atoms with Crippen molar-refractivity contribution >= 4 is 11.8 Å². The van der Waals surface area contributed by atoms with Crippen LogP contribution in [0.2, 0.25) is 0 Å². The largest absolute Gasteiger partial charge is 0.379 e. The zero-order valence-electron chi connectivity index (χ0n) is 16.0. The Morgan fingerprint density at radius 2 is 1.89 bits per heavy atom. The lowest BCUT2D eigenvalue weighted by atomic mass is 10.2. The summed E-state index contributed by atoms with van der Waals surface area (Å²) in [5, 5.41) is 0.853. The quantitative estimate of drug-likeness (QED) is 0.526. The van der Waals surface area contributed by atoms with E-state index in [1.165, 1.54) is 23.4 Å². The summed E-state index contributed by atoms with van der Waals surface area (Å²) >= 11 is 1.59. The SMILES string of the molecule is O=c1nc(SCc2ccc(F)cc2)c2c(n1CCCN1CCOCC1)CCC2. The van der Waals surface area contributed by atoms with Crippen LogP contribution in [0.25, 0.3) is 0 Å². The normalized spacial score (nSPS) is 17.0. The van der Waals surface area contributed by atoms with Gasteiger partial charge in [0.25, 0.3) is 0 Å². The van der Waals surface area contributed by atoms with Crippen LogP contribution in [0.1, 0.15) is 29.7 Å². The second-order valence-electron chi connectivity index (χ2n) is 7.35. The van der Waals surface area contributed by atoms with E-state index in [9.17, 15) is 9.18 Å². The molecular formula is C21H26FN3O2S. The van der Waals surface area contributed by atoms with Crippen LogP contribution >= 0.6 is 11.8 Å². The first-order valence-electron chi connectivity index (χ1n) is 10.0. The van der Waals surface area contributed by atoms with Gasteiger partial charge in [0, 0.05) is 43.2 Å². The smallest absolute Gasteiger partial charge is 0.348 e. The molecule has 0 bridgehead atoms. The summed E-state index contributed by atoms with van der Waals surface area (Å²) in [4.78, 5) is 19.5. The number of morpholine rings is 1. The molecule has 0 radical (unpaired) electrons. The highest BCUT2D eigenvalue weighted by Crippen LogP contribution is 2.31. The molecule has 1 aliphatic carbocycles. The van der Waals surface area contributed by atoms with E-state index in [1.807, 2.05) is 4.57 Å². The molecule has 7 heteroatoms. The molecule has 2 heterocycles. The van der Waals surface area contributed by atoms with E-state index in [4.69, 9.17) is 4.74 Å². The second-order valence-corrected chi connectivity index (χ2v) is 8.32. The molecule has 4 rings (SSSR count). The van der Waals surface area contributed by atoms with Crippen molar-refractivity contribution in [1.29, 1.82) is 0 Å². The molecule has 150 valence electrons. The minimum absolute atomic E-state index is 0.135. The lowest BCUT2D eigenvalue weighted by molar-refractivity contribution is 0.0368. The van der Waals surface area contributed by atoms with E-state index < -0.39 is 0 Å². The summed E-state index contributed by atoms with van der Waals surface area (Å²) in [6.45, 7) is 5.28. The molecule has 0 atom stereocenters. The van der Waals surface area contributed by atoms with Crippen LogP contribution < -0.4 is 5.69 Å². The Labute approximate surface area is 168 Å². The fourth-order valence-corrected chi connectivity index (χ4v) is 4.98. The third-order valence-electron chi connectivity index (χ3n) is 5.45. The molecule has 0 spiro atoms. The Bertz CT molecular complexity index is 863. The molecule has 1 fully saturated rings. The highest BCUT2D eigenvalue weighted by Gasteiger charge is 2.22. The van der Waals surface area contributed by atoms with Gasteiger partial charge < -0.3 is 4.74 Å². The van der Waals surface area contributed by atoms with Gasteiger partial charge in [-0.3, -0.25) is 9.47 Å². The van der Waals surface area contributed by atoms with Gasteiger partial charge in [-0.25, -0.2) is 9.18 Å². The minimum atomic E-state index is -0.229. The zero-order chi connectivity index (χ0) is 19.3. The van der Waals surface area contributed by atoms with Crippen LogP contribution in [0.4, 0.5) is 4.39 Å². The Morgan fingerprint density at radius 1 is 1.11 bits per heavy atom. The number of benzene rings is 1. The number of hydrogen-bond acceptors (Lipinski definition) is 5. The highest BCUT2D eigenvalue weighted by molar-refractivity contribution is 7.98. The van der Waals surface area contributed by atoms with Gasteiger partial charge in [-0.2, -0.15) is 4.98 Å². The number of ether oxygens (including phenoxy) is 1. The van der Waals surface area contributed by atoms with Crippen LogP contribution in [-0.4, -0.2) is 47.3 Å². The topological polar surface area (TPSA) is 47.4 Å². The minimum Gasteiger partial charge on any atom is -0.379 e. The van der Waals surface area contributed by atoms with Gasteiger partial charge in [0.15, 0.2) is 0 Å². The van der Waals surface area contributed by atoms with Gasteiger partial charge in [0.2, 0.25) is 0 Å². The van der Waals surface area contributed by atoms with Crippen LogP contribution in [0.15, 0.2) is 34.1 Å². The first-order valence-corrected chi connectivity index (χ1v) is 11.0. The number of rotatable bonds is 7. The van der Waals surface area contributed by atoms with Gasteiger partial charge in [-0.05, 0) is 43.4 Å². The molecule has 0 unspecified atom stereocenters. The first kappa shape index (κ1) is 19.6. The molecule has 1 aromatic heterocycles. The van der Waals surface area contributed by atoms with Crippen LogP contribution in [0.3, 0.4) is 0 Å². The standard InChI is InChI=1S/C21H26FN3O2S/c22-17-7-5-16(6-8-17)15-28-20-18-3-1-4-19(18)25(21(26)23-20)10-2-9-24-11-13-27-14-12-24/h5-8H,1-4,9-15H2. The van der Waals surface area contributed by atoms with Gasteiger partial charge in [0.1, 0.15) is 10.8 Å². The molecule has 0 N–H and O–H groups in total. The summed E-state index contributed by atoms with van der Waals surface area (Å²) in [6.07, 6.45) is 3.97. The second kappa shape index (κ2) is 9.20. The van der Waals surface area contributed by atoms with E-state index in [0.29, 0.717) is 5.75 Å². The zero-order valence-corrected chi connectivity index (χ0v) is 16.8. The molecular weight excluding hydrogens is 377 g/mol. The number of nitrogens with zero attached hydrogens (tertiary/aromatic N) is 3. The molecule has 0 saturated carbocycles. The molecule has 0 amide bonds. The number of hydrogen-bond donors (Lipinski definition) is 0. The van der Waals surface area contributed by atoms with E-state index in [2.05, 4.69) is 9.88 Å². The average molecular weight is 404 g/mol. The van der Waals surface area contributed by atoms with E-state index in [0.717, 1.165) is 75.7 Å². The van der Waals surface area contributed by atoms with E-state index in [-0.39, 0.29) is 11.5 Å². The number of thioether (sulfide) groups is 1. The number of halogens is 1. The Morgan fingerprint density at radius 3 is 2.68 bits per heavy atom. The maximum Gasteiger partial charge on any atom is 0.348 e. The molecule has 1 aromatic carbocycles. The fourth-order valence-electron chi connectivity index (χ4n) is 3.95. The lowest BCUT2D eigenvalue weighted by Crippen LogP contribution is -2.37. The maximum atomic E-state index is 13.1.